The number of ether oxygens (including phenoxy) is 1. The van der Waals surface area contributed by atoms with Crippen molar-refractivity contribution in [2.75, 3.05) is 7.11 Å². The number of hydrogen-bond acceptors (Lipinski definition) is 3. The molecule has 2 rings (SSSR count). The molecule has 0 aliphatic carbocycles. The summed E-state index contributed by atoms with van der Waals surface area (Å²) >= 11 is 12.1. The van der Waals surface area contributed by atoms with E-state index in [1.807, 2.05) is 18.2 Å². The average Bonchev–Trinajstić information content (AvgIpc) is 2.43. The molecule has 0 bridgehead atoms. The Kier molecular flexibility index (Phi) is 5.24. The Balaban J connectivity index is 2.00. The van der Waals surface area contributed by atoms with E-state index in [-0.39, 0.29) is 6.04 Å². The summed E-state index contributed by atoms with van der Waals surface area (Å²) < 4.78 is 5.02. The van der Waals surface area contributed by atoms with Crippen molar-refractivity contribution in [1.82, 2.24) is 4.98 Å². The van der Waals surface area contributed by atoms with Gasteiger partial charge in [0.2, 0.25) is 5.88 Å². The minimum atomic E-state index is -0.0406. The first-order valence-corrected chi connectivity index (χ1v) is 7.02. The monoisotopic (exact) mass is 310 g/mol. The van der Waals surface area contributed by atoms with E-state index in [0.717, 1.165) is 17.5 Å². The molecule has 3 nitrogen and oxygen atoms in total. The van der Waals surface area contributed by atoms with Crippen LogP contribution in [0.1, 0.15) is 11.1 Å². The normalized spacial score (nSPS) is 12.2. The summed E-state index contributed by atoms with van der Waals surface area (Å²) in [4.78, 5) is 4.16. The van der Waals surface area contributed by atoms with Gasteiger partial charge >= 0.3 is 0 Å². The summed E-state index contributed by atoms with van der Waals surface area (Å²) in [6.45, 7) is 0. The number of aromatic nitrogens is 1. The predicted molar refractivity (Wildman–Crippen MR) is 82.6 cm³/mol. The van der Waals surface area contributed by atoms with Gasteiger partial charge in [0.15, 0.2) is 0 Å². The molecule has 0 spiro atoms. The Morgan fingerprint density at radius 2 is 2.00 bits per heavy atom. The lowest BCUT2D eigenvalue weighted by Gasteiger charge is -2.13. The summed E-state index contributed by atoms with van der Waals surface area (Å²) in [6, 6.07) is 9.17. The van der Waals surface area contributed by atoms with Gasteiger partial charge in [-0.05, 0) is 42.2 Å². The molecule has 0 amide bonds. The average molecular weight is 311 g/mol. The second-order valence-electron chi connectivity index (χ2n) is 4.61. The highest BCUT2D eigenvalue weighted by Gasteiger charge is 2.09. The van der Waals surface area contributed by atoms with Crippen LogP contribution in [0.3, 0.4) is 0 Å². The second kappa shape index (κ2) is 6.93. The maximum Gasteiger partial charge on any atom is 0.212 e. The number of pyridine rings is 1. The van der Waals surface area contributed by atoms with Crippen LogP contribution in [0.25, 0.3) is 0 Å². The van der Waals surface area contributed by atoms with Gasteiger partial charge in [-0.3, -0.25) is 0 Å². The third-order valence-corrected chi connectivity index (χ3v) is 3.60. The van der Waals surface area contributed by atoms with E-state index in [1.54, 1.807) is 25.4 Å². The molecule has 5 heteroatoms. The van der Waals surface area contributed by atoms with E-state index in [4.69, 9.17) is 33.7 Å². The lowest BCUT2D eigenvalue weighted by atomic mass is 10.0. The van der Waals surface area contributed by atoms with Gasteiger partial charge in [0, 0.05) is 28.4 Å². The molecule has 1 atom stereocenters. The van der Waals surface area contributed by atoms with Crippen LogP contribution in [0.5, 0.6) is 5.88 Å². The number of halogens is 2. The van der Waals surface area contributed by atoms with Crippen LogP contribution in [-0.4, -0.2) is 18.1 Å². The van der Waals surface area contributed by atoms with Crippen LogP contribution in [-0.2, 0) is 12.8 Å². The van der Waals surface area contributed by atoms with Gasteiger partial charge in [0.25, 0.3) is 0 Å². The number of rotatable bonds is 5. The Hall–Kier alpha value is -1.29. The third-order valence-electron chi connectivity index (χ3n) is 2.99. The van der Waals surface area contributed by atoms with E-state index in [9.17, 15) is 0 Å². The highest BCUT2D eigenvalue weighted by Crippen LogP contribution is 2.22. The van der Waals surface area contributed by atoms with Crippen LogP contribution in [0, 0.1) is 0 Å². The number of nitrogens with zero attached hydrogens (tertiary/aromatic N) is 1. The fourth-order valence-electron chi connectivity index (χ4n) is 2.01. The van der Waals surface area contributed by atoms with Gasteiger partial charge < -0.3 is 10.5 Å². The van der Waals surface area contributed by atoms with Crippen LogP contribution in [0.2, 0.25) is 10.0 Å². The lowest BCUT2D eigenvalue weighted by molar-refractivity contribution is 0.397. The maximum absolute atomic E-state index is 6.17. The van der Waals surface area contributed by atoms with Crippen LogP contribution in [0.4, 0.5) is 0 Å². The van der Waals surface area contributed by atoms with Gasteiger partial charge in [0.05, 0.1) is 7.11 Å². The molecule has 1 aromatic carbocycles. The minimum absolute atomic E-state index is 0.0406. The number of nitrogens with two attached hydrogens (primary N) is 1. The lowest BCUT2D eigenvalue weighted by Crippen LogP contribution is -2.25. The largest absolute Gasteiger partial charge is 0.481 e. The molecular weight excluding hydrogens is 295 g/mol. The van der Waals surface area contributed by atoms with Gasteiger partial charge in [-0.15, -0.1) is 0 Å². The van der Waals surface area contributed by atoms with Crippen molar-refractivity contribution in [2.45, 2.75) is 18.9 Å². The summed E-state index contributed by atoms with van der Waals surface area (Å²) in [5.41, 5.74) is 8.20. The first kappa shape index (κ1) is 15.1. The van der Waals surface area contributed by atoms with E-state index in [2.05, 4.69) is 4.98 Å². The second-order valence-corrected chi connectivity index (χ2v) is 5.46. The predicted octanol–water partition coefficient (Wildman–Crippen LogP) is 3.51. The molecule has 2 aromatic rings. The molecule has 0 aliphatic rings. The Morgan fingerprint density at radius 3 is 2.65 bits per heavy atom. The first-order chi connectivity index (χ1) is 9.58. The molecule has 1 unspecified atom stereocenters. The third kappa shape index (κ3) is 4.10. The molecule has 0 saturated carbocycles. The fourth-order valence-corrected chi connectivity index (χ4v) is 2.40. The molecule has 20 heavy (non-hydrogen) atoms. The summed E-state index contributed by atoms with van der Waals surface area (Å²) in [7, 11) is 1.59. The van der Waals surface area contributed by atoms with Crippen LogP contribution >= 0.6 is 23.2 Å². The van der Waals surface area contributed by atoms with Crippen molar-refractivity contribution in [3.8, 4) is 5.88 Å². The topological polar surface area (TPSA) is 48.1 Å². The molecule has 106 valence electrons. The summed E-state index contributed by atoms with van der Waals surface area (Å²) in [6.07, 6.45) is 3.17. The number of methoxy groups -OCH3 is 1. The smallest absolute Gasteiger partial charge is 0.212 e. The molecule has 0 fully saturated rings. The minimum Gasteiger partial charge on any atom is -0.481 e. The van der Waals surface area contributed by atoms with Gasteiger partial charge in [0.1, 0.15) is 0 Å². The van der Waals surface area contributed by atoms with E-state index < -0.39 is 0 Å². The van der Waals surface area contributed by atoms with Gasteiger partial charge in [-0.25, -0.2) is 4.98 Å². The van der Waals surface area contributed by atoms with E-state index in [0.29, 0.717) is 22.3 Å². The first-order valence-electron chi connectivity index (χ1n) is 6.27. The maximum atomic E-state index is 6.17. The van der Waals surface area contributed by atoms with Crippen molar-refractivity contribution in [1.29, 1.82) is 0 Å². The Morgan fingerprint density at radius 1 is 1.20 bits per heavy atom. The number of benzene rings is 1. The zero-order valence-electron chi connectivity index (χ0n) is 11.1. The molecule has 0 saturated heterocycles. The highest BCUT2D eigenvalue weighted by molar-refractivity contribution is 6.33. The van der Waals surface area contributed by atoms with Gasteiger partial charge in [-0.1, -0.05) is 29.3 Å². The standard InChI is InChI=1S/C15H16Cl2N2O/c1-20-15-5-2-10(9-19-15)6-13(18)8-11-7-12(16)3-4-14(11)17/h2-5,7,9,13H,6,8,18H2,1H3. The van der Waals surface area contributed by atoms with Crippen molar-refractivity contribution in [3.05, 3.63) is 57.7 Å². The zero-order chi connectivity index (χ0) is 14.5. The van der Waals surface area contributed by atoms with E-state index >= 15 is 0 Å². The fraction of sp³-hybridized carbons (Fsp3) is 0.267. The van der Waals surface area contributed by atoms with Crippen molar-refractivity contribution in [3.63, 3.8) is 0 Å². The van der Waals surface area contributed by atoms with Crippen LogP contribution in [0.15, 0.2) is 36.5 Å². The number of hydrogen-bond donors (Lipinski definition) is 1. The quantitative estimate of drug-likeness (QED) is 0.919. The van der Waals surface area contributed by atoms with Crippen molar-refractivity contribution in [2.24, 2.45) is 5.73 Å². The molecule has 1 aromatic heterocycles. The molecule has 1 heterocycles. The SMILES string of the molecule is COc1ccc(CC(N)Cc2cc(Cl)ccc2Cl)cn1. The molecular formula is C15H16Cl2N2O. The Bertz CT molecular complexity index is 573. The summed E-state index contributed by atoms with van der Waals surface area (Å²) in [5, 5.41) is 1.36. The van der Waals surface area contributed by atoms with Crippen molar-refractivity contribution >= 4 is 23.2 Å². The van der Waals surface area contributed by atoms with Crippen LogP contribution < -0.4 is 10.5 Å². The van der Waals surface area contributed by atoms with Gasteiger partial charge in [-0.2, -0.15) is 0 Å². The summed E-state index contributed by atoms with van der Waals surface area (Å²) in [5.74, 6) is 0.597. The van der Waals surface area contributed by atoms with Crippen molar-refractivity contribution < 1.29 is 4.74 Å². The molecule has 0 aliphatic heterocycles. The Labute approximate surface area is 128 Å². The zero-order valence-corrected chi connectivity index (χ0v) is 12.7. The van der Waals surface area contributed by atoms with E-state index in [1.165, 1.54) is 0 Å². The highest BCUT2D eigenvalue weighted by atomic mass is 35.5. The molecule has 0 radical (unpaired) electrons. The molecule has 2 N–H and O–H groups in total.